The van der Waals surface area contributed by atoms with Crippen LogP contribution >= 0.6 is 22.6 Å². The molecule has 2 aromatic carbocycles. The number of methoxy groups -OCH3 is 1. The first-order valence-electron chi connectivity index (χ1n) is 7.45. The van der Waals surface area contributed by atoms with Crippen molar-refractivity contribution in [1.29, 1.82) is 0 Å². The Balaban J connectivity index is 1.89. The Kier molecular flexibility index (Phi) is 4.93. The third kappa shape index (κ3) is 3.54. The molecule has 0 amide bonds. The van der Waals surface area contributed by atoms with Crippen LogP contribution in [0, 0.1) is 3.57 Å². The number of ether oxygens (including phenoxy) is 1. The van der Waals surface area contributed by atoms with Crippen LogP contribution in [0.4, 0.5) is 0 Å². The second-order valence-electron chi connectivity index (χ2n) is 5.56. The van der Waals surface area contributed by atoms with Gasteiger partial charge in [-0.15, -0.1) is 0 Å². The van der Waals surface area contributed by atoms with Gasteiger partial charge in [0.2, 0.25) is 10.0 Å². The minimum Gasteiger partial charge on any atom is -0.496 e. The quantitative estimate of drug-likeness (QED) is 0.735. The Hall–Kier alpha value is -1.12. The highest BCUT2D eigenvalue weighted by molar-refractivity contribution is 14.1. The van der Waals surface area contributed by atoms with E-state index in [1.165, 1.54) is 5.56 Å². The Morgan fingerprint density at radius 2 is 2.00 bits per heavy atom. The zero-order valence-corrected chi connectivity index (χ0v) is 15.7. The lowest BCUT2D eigenvalue weighted by atomic mass is 9.88. The summed E-state index contributed by atoms with van der Waals surface area (Å²) in [5.74, 6) is 0.674. The van der Waals surface area contributed by atoms with E-state index in [0.717, 1.165) is 28.4 Å². The maximum Gasteiger partial charge on any atom is 0.241 e. The average Bonchev–Trinajstić information content (AvgIpc) is 2.55. The van der Waals surface area contributed by atoms with Crippen LogP contribution in [0.2, 0.25) is 0 Å². The molecule has 1 aliphatic carbocycles. The molecule has 3 rings (SSSR count). The van der Waals surface area contributed by atoms with E-state index < -0.39 is 10.0 Å². The fourth-order valence-electron chi connectivity index (χ4n) is 2.95. The molecule has 0 radical (unpaired) electrons. The van der Waals surface area contributed by atoms with Gasteiger partial charge in [0.15, 0.2) is 0 Å². The van der Waals surface area contributed by atoms with Gasteiger partial charge in [0, 0.05) is 6.04 Å². The number of hydrogen-bond donors (Lipinski definition) is 1. The van der Waals surface area contributed by atoms with Gasteiger partial charge in [-0.1, -0.05) is 24.3 Å². The molecule has 0 aliphatic heterocycles. The topological polar surface area (TPSA) is 55.4 Å². The number of sulfonamides is 1. The van der Waals surface area contributed by atoms with Crippen molar-refractivity contribution in [2.45, 2.75) is 30.2 Å². The Labute approximate surface area is 150 Å². The zero-order chi connectivity index (χ0) is 16.4. The highest BCUT2D eigenvalue weighted by atomic mass is 127. The van der Waals surface area contributed by atoms with E-state index in [0.29, 0.717) is 5.75 Å². The van der Waals surface area contributed by atoms with Gasteiger partial charge in [-0.25, -0.2) is 13.1 Å². The molecule has 6 heteroatoms. The molecule has 0 fully saturated rings. The lowest BCUT2D eigenvalue weighted by Gasteiger charge is -2.26. The molecule has 0 bridgehead atoms. The molecule has 1 N–H and O–H groups in total. The number of rotatable bonds is 4. The smallest absolute Gasteiger partial charge is 0.241 e. The van der Waals surface area contributed by atoms with Gasteiger partial charge in [-0.05, 0) is 71.2 Å². The van der Waals surface area contributed by atoms with Crippen LogP contribution in [-0.4, -0.2) is 15.5 Å². The van der Waals surface area contributed by atoms with Gasteiger partial charge in [-0.2, -0.15) is 0 Å². The van der Waals surface area contributed by atoms with Gasteiger partial charge < -0.3 is 4.74 Å². The van der Waals surface area contributed by atoms with E-state index in [1.54, 1.807) is 25.3 Å². The number of fused-ring (bicyclic) bond motifs is 1. The van der Waals surface area contributed by atoms with Gasteiger partial charge >= 0.3 is 0 Å². The Bertz CT molecular complexity index is 820. The summed E-state index contributed by atoms with van der Waals surface area (Å²) < 4.78 is 34.2. The predicted octanol–water partition coefficient (Wildman–Crippen LogP) is 3.66. The Morgan fingerprint density at radius 1 is 1.22 bits per heavy atom. The van der Waals surface area contributed by atoms with Gasteiger partial charge in [0.05, 0.1) is 15.6 Å². The lowest BCUT2D eigenvalue weighted by molar-refractivity contribution is 0.411. The number of hydrogen-bond acceptors (Lipinski definition) is 3. The molecule has 4 nitrogen and oxygen atoms in total. The van der Waals surface area contributed by atoms with Crippen molar-refractivity contribution in [3.8, 4) is 5.75 Å². The molecule has 0 saturated carbocycles. The standard InChI is InChI=1S/C17H18INO3S/c1-22-17-10-9-13(11-15(17)18)23(20,21)19-16-8-4-6-12-5-2-3-7-14(12)16/h2-3,5,7,9-11,16,19H,4,6,8H2,1H3. The fourth-order valence-corrected chi connectivity index (χ4v) is 5.17. The molecule has 0 saturated heterocycles. The second-order valence-corrected chi connectivity index (χ2v) is 8.44. The van der Waals surface area contributed by atoms with Crippen LogP contribution in [0.5, 0.6) is 5.75 Å². The van der Waals surface area contributed by atoms with Gasteiger partial charge in [0.1, 0.15) is 5.75 Å². The molecule has 1 atom stereocenters. The summed E-state index contributed by atoms with van der Waals surface area (Å²) in [6.07, 6.45) is 2.82. The first-order chi connectivity index (χ1) is 11.0. The normalized spacial score (nSPS) is 17.6. The molecule has 2 aromatic rings. The van der Waals surface area contributed by atoms with E-state index >= 15 is 0 Å². The average molecular weight is 443 g/mol. The zero-order valence-electron chi connectivity index (χ0n) is 12.8. The van der Waals surface area contributed by atoms with Crippen LogP contribution in [-0.2, 0) is 16.4 Å². The summed E-state index contributed by atoms with van der Waals surface area (Å²) in [5, 5.41) is 0. The van der Waals surface area contributed by atoms with Crippen LogP contribution < -0.4 is 9.46 Å². The van der Waals surface area contributed by atoms with Crippen molar-refractivity contribution in [2.24, 2.45) is 0 Å². The second kappa shape index (κ2) is 6.78. The Morgan fingerprint density at radius 3 is 2.74 bits per heavy atom. The van der Waals surface area contributed by atoms with Crippen molar-refractivity contribution in [2.75, 3.05) is 7.11 Å². The summed E-state index contributed by atoms with van der Waals surface area (Å²) in [6.45, 7) is 0. The molecule has 1 aliphatic rings. The van der Waals surface area contributed by atoms with Crippen molar-refractivity contribution in [3.05, 3.63) is 57.2 Å². The van der Waals surface area contributed by atoms with Gasteiger partial charge in [0.25, 0.3) is 0 Å². The molecule has 0 spiro atoms. The van der Waals surface area contributed by atoms with Crippen LogP contribution in [0.1, 0.15) is 30.0 Å². The highest BCUT2D eigenvalue weighted by Crippen LogP contribution is 2.31. The molecular weight excluding hydrogens is 425 g/mol. The number of halogens is 1. The van der Waals surface area contributed by atoms with Crippen molar-refractivity contribution < 1.29 is 13.2 Å². The maximum atomic E-state index is 12.7. The fraction of sp³-hybridized carbons (Fsp3) is 0.294. The van der Waals surface area contributed by atoms with Crippen molar-refractivity contribution in [1.82, 2.24) is 4.72 Å². The summed E-state index contributed by atoms with van der Waals surface area (Å²) in [5.41, 5.74) is 2.32. The maximum absolute atomic E-state index is 12.7. The van der Waals surface area contributed by atoms with Gasteiger partial charge in [-0.3, -0.25) is 0 Å². The summed E-state index contributed by atoms with van der Waals surface area (Å²) >= 11 is 2.08. The van der Waals surface area contributed by atoms with E-state index in [-0.39, 0.29) is 10.9 Å². The van der Waals surface area contributed by atoms with Crippen molar-refractivity contribution >= 4 is 32.6 Å². The van der Waals surface area contributed by atoms with E-state index in [4.69, 9.17) is 4.74 Å². The SMILES string of the molecule is COc1ccc(S(=O)(=O)NC2CCCc3ccccc32)cc1I. The summed E-state index contributed by atoms with van der Waals surface area (Å²) in [4.78, 5) is 0.269. The van der Waals surface area contributed by atoms with Crippen LogP contribution in [0.15, 0.2) is 47.4 Å². The monoisotopic (exact) mass is 443 g/mol. The molecule has 122 valence electrons. The number of aryl methyl sites for hydroxylation is 1. The van der Waals surface area contributed by atoms with Crippen molar-refractivity contribution in [3.63, 3.8) is 0 Å². The van der Waals surface area contributed by atoms with E-state index in [1.807, 2.05) is 18.2 Å². The first-order valence-corrected chi connectivity index (χ1v) is 10.0. The van der Waals surface area contributed by atoms with Crippen LogP contribution in [0.25, 0.3) is 0 Å². The summed E-state index contributed by atoms with van der Waals surface area (Å²) in [7, 11) is -1.99. The minimum absolute atomic E-state index is 0.162. The van der Waals surface area contributed by atoms with E-state index in [9.17, 15) is 8.42 Å². The molecule has 0 heterocycles. The predicted molar refractivity (Wildman–Crippen MR) is 98.2 cm³/mol. The minimum atomic E-state index is -3.56. The first kappa shape index (κ1) is 16.7. The number of benzene rings is 2. The molecule has 23 heavy (non-hydrogen) atoms. The third-order valence-electron chi connectivity index (χ3n) is 4.10. The lowest BCUT2D eigenvalue weighted by Crippen LogP contribution is -2.31. The molecular formula is C17H18INO3S. The van der Waals surface area contributed by atoms with Crippen LogP contribution in [0.3, 0.4) is 0 Å². The third-order valence-corrected chi connectivity index (χ3v) is 6.41. The van der Waals surface area contributed by atoms with E-state index in [2.05, 4.69) is 33.4 Å². The molecule has 0 aromatic heterocycles. The summed E-state index contributed by atoms with van der Waals surface area (Å²) in [6, 6.07) is 12.8. The largest absolute Gasteiger partial charge is 0.496 e. The molecule has 1 unspecified atom stereocenters. The highest BCUT2D eigenvalue weighted by Gasteiger charge is 2.25. The number of nitrogens with one attached hydrogen (secondary N) is 1.